The van der Waals surface area contributed by atoms with Gasteiger partial charge in [0, 0.05) is 6.54 Å². The molecule has 0 unspecified atom stereocenters. The lowest BCUT2D eigenvalue weighted by molar-refractivity contribution is 0.583. The number of aromatic amines is 1. The summed E-state index contributed by atoms with van der Waals surface area (Å²) >= 11 is 11.1. The lowest BCUT2D eigenvalue weighted by Crippen LogP contribution is -2.35. The Bertz CT molecular complexity index is 436. The fraction of sp³-hybridized carbons (Fsp3) is 0.500. The summed E-state index contributed by atoms with van der Waals surface area (Å²) in [5.74, 6) is 0. The van der Waals surface area contributed by atoms with Gasteiger partial charge in [0.05, 0.1) is 0 Å². The van der Waals surface area contributed by atoms with Gasteiger partial charge in [0.15, 0.2) is 0 Å². The van der Waals surface area contributed by atoms with Crippen molar-refractivity contribution in [2.75, 3.05) is 0 Å². The third-order valence-electron chi connectivity index (χ3n) is 1.82. The van der Waals surface area contributed by atoms with Crippen molar-refractivity contribution in [2.24, 2.45) is 0 Å². The molecule has 1 aromatic heterocycles. The van der Waals surface area contributed by atoms with E-state index < -0.39 is 11.2 Å². The van der Waals surface area contributed by atoms with Crippen LogP contribution in [0.15, 0.2) is 9.59 Å². The molecule has 1 aromatic rings. The molecule has 0 fully saturated rings. The van der Waals surface area contributed by atoms with Gasteiger partial charge >= 0.3 is 5.69 Å². The van der Waals surface area contributed by atoms with E-state index in [1.54, 1.807) is 0 Å². The Morgan fingerprint density at radius 2 is 2.00 bits per heavy atom. The molecule has 0 aromatic carbocycles. The highest BCUT2D eigenvalue weighted by molar-refractivity contribution is 6.40. The first-order valence-electron chi connectivity index (χ1n) is 4.26. The van der Waals surface area contributed by atoms with Crippen LogP contribution in [0, 0.1) is 0 Å². The fourth-order valence-electron chi connectivity index (χ4n) is 1.04. The maximum atomic E-state index is 11.4. The van der Waals surface area contributed by atoms with Crippen LogP contribution in [0.25, 0.3) is 0 Å². The van der Waals surface area contributed by atoms with Crippen LogP contribution in [-0.2, 0) is 6.54 Å². The summed E-state index contributed by atoms with van der Waals surface area (Å²) in [7, 11) is 0. The van der Waals surface area contributed by atoms with E-state index in [2.05, 4.69) is 4.98 Å². The molecule has 0 amide bonds. The molecule has 78 valence electrons. The number of rotatable bonds is 3. The third kappa shape index (κ3) is 2.19. The number of nitrogens with zero attached hydrogens (tertiary/aromatic N) is 1. The number of H-pyrrole nitrogens is 1. The van der Waals surface area contributed by atoms with Crippen LogP contribution >= 0.6 is 23.2 Å². The van der Waals surface area contributed by atoms with E-state index in [4.69, 9.17) is 23.2 Å². The maximum absolute atomic E-state index is 11.4. The van der Waals surface area contributed by atoms with E-state index in [-0.39, 0.29) is 10.2 Å². The van der Waals surface area contributed by atoms with Crippen molar-refractivity contribution < 1.29 is 0 Å². The molecule has 6 heteroatoms. The molecule has 0 aliphatic carbocycles. The minimum atomic E-state index is -0.533. The first-order valence-corrected chi connectivity index (χ1v) is 5.01. The molecule has 1 heterocycles. The van der Waals surface area contributed by atoms with E-state index in [1.165, 1.54) is 0 Å². The number of aromatic nitrogens is 2. The molecule has 1 rings (SSSR count). The molecular weight excluding hydrogens is 227 g/mol. The van der Waals surface area contributed by atoms with Crippen molar-refractivity contribution in [3.05, 3.63) is 31.0 Å². The minimum Gasteiger partial charge on any atom is -0.296 e. The van der Waals surface area contributed by atoms with Crippen molar-refractivity contribution in [1.29, 1.82) is 0 Å². The summed E-state index contributed by atoms with van der Waals surface area (Å²) < 4.78 is 1.05. The van der Waals surface area contributed by atoms with Gasteiger partial charge in [-0.3, -0.25) is 14.3 Å². The van der Waals surface area contributed by atoms with Crippen LogP contribution < -0.4 is 11.2 Å². The molecule has 0 bridgehead atoms. The SMILES string of the molecule is CCCCn1c(=O)[nH]c(Cl)c(Cl)c1=O. The number of nitrogens with one attached hydrogen (secondary N) is 1. The highest BCUT2D eigenvalue weighted by Crippen LogP contribution is 2.11. The average molecular weight is 237 g/mol. The predicted octanol–water partition coefficient (Wildman–Crippen LogP) is 1.64. The number of hydrogen-bond acceptors (Lipinski definition) is 2. The Kier molecular flexibility index (Phi) is 3.77. The summed E-state index contributed by atoms with van der Waals surface area (Å²) in [4.78, 5) is 25.0. The van der Waals surface area contributed by atoms with Crippen LogP contribution in [0.5, 0.6) is 0 Å². The smallest absolute Gasteiger partial charge is 0.296 e. The van der Waals surface area contributed by atoms with Crippen LogP contribution in [0.1, 0.15) is 19.8 Å². The summed E-state index contributed by atoms with van der Waals surface area (Å²) in [6, 6.07) is 0. The zero-order valence-electron chi connectivity index (χ0n) is 7.64. The van der Waals surface area contributed by atoms with E-state index in [0.29, 0.717) is 6.54 Å². The van der Waals surface area contributed by atoms with Crippen LogP contribution in [0.2, 0.25) is 10.2 Å². The van der Waals surface area contributed by atoms with Crippen molar-refractivity contribution in [3.8, 4) is 0 Å². The quantitative estimate of drug-likeness (QED) is 0.812. The van der Waals surface area contributed by atoms with Gasteiger partial charge < -0.3 is 0 Å². The molecular formula is C8H10Cl2N2O2. The van der Waals surface area contributed by atoms with Gasteiger partial charge in [-0.05, 0) is 6.42 Å². The molecule has 4 nitrogen and oxygen atoms in total. The summed E-state index contributed by atoms with van der Waals surface area (Å²) in [6.45, 7) is 2.33. The van der Waals surface area contributed by atoms with E-state index in [9.17, 15) is 9.59 Å². The molecule has 0 saturated carbocycles. The van der Waals surface area contributed by atoms with Crippen LogP contribution in [0.4, 0.5) is 0 Å². The second-order valence-electron chi connectivity index (χ2n) is 2.87. The highest BCUT2D eigenvalue weighted by Gasteiger charge is 2.09. The van der Waals surface area contributed by atoms with Crippen LogP contribution in [-0.4, -0.2) is 9.55 Å². The van der Waals surface area contributed by atoms with Gasteiger partial charge in [-0.25, -0.2) is 4.79 Å². The zero-order valence-corrected chi connectivity index (χ0v) is 9.15. The molecule has 0 atom stereocenters. The van der Waals surface area contributed by atoms with E-state index >= 15 is 0 Å². The maximum Gasteiger partial charge on any atom is 0.329 e. The lowest BCUT2D eigenvalue weighted by Gasteiger charge is -2.03. The molecule has 0 aliphatic rings. The van der Waals surface area contributed by atoms with E-state index in [0.717, 1.165) is 17.4 Å². The second kappa shape index (κ2) is 4.66. The highest BCUT2D eigenvalue weighted by atomic mass is 35.5. The van der Waals surface area contributed by atoms with Crippen molar-refractivity contribution in [1.82, 2.24) is 9.55 Å². The Balaban J connectivity index is 3.23. The Labute approximate surface area is 90.5 Å². The fourth-order valence-corrected chi connectivity index (χ4v) is 1.35. The monoisotopic (exact) mass is 236 g/mol. The summed E-state index contributed by atoms with van der Waals surface area (Å²) in [6.07, 6.45) is 1.65. The van der Waals surface area contributed by atoms with Gasteiger partial charge in [0.25, 0.3) is 5.56 Å². The van der Waals surface area contributed by atoms with Crippen molar-refractivity contribution in [3.63, 3.8) is 0 Å². The normalized spacial score (nSPS) is 10.5. The van der Waals surface area contributed by atoms with Gasteiger partial charge in [-0.2, -0.15) is 0 Å². The van der Waals surface area contributed by atoms with E-state index in [1.807, 2.05) is 6.92 Å². The number of hydrogen-bond donors (Lipinski definition) is 1. The number of halogens is 2. The van der Waals surface area contributed by atoms with Crippen molar-refractivity contribution >= 4 is 23.2 Å². The summed E-state index contributed by atoms with van der Waals surface area (Å²) in [5.41, 5.74) is -1.05. The van der Waals surface area contributed by atoms with Gasteiger partial charge in [0.1, 0.15) is 10.2 Å². The standard InChI is InChI=1S/C8H10Cl2N2O2/c1-2-3-4-12-7(13)5(9)6(10)11-8(12)14/h2-4H2,1H3,(H,11,14). The van der Waals surface area contributed by atoms with Gasteiger partial charge in [-0.1, -0.05) is 36.5 Å². The Morgan fingerprint density at radius 1 is 1.36 bits per heavy atom. The van der Waals surface area contributed by atoms with Crippen LogP contribution in [0.3, 0.4) is 0 Å². The third-order valence-corrected chi connectivity index (χ3v) is 2.55. The Morgan fingerprint density at radius 3 is 2.57 bits per heavy atom. The Hall–Kier alpha value is -0.740. The lowest BCUT2D eigenvalue weighted by atomic mass is 10.3. The zero-order chi connectivity index (χ0) is 10.7. The largest absolute Gasteiger partial charge is 0.329 e. The summed E-state index contributed by atoms with van der Waals surface area (Å²) in [5, 5.41) is -0.239. The predicted molar refractivity (Wildman–Crippen MR) is 56.3 cm³/mol. The first-order chi connectivity index (χ1) is 6.57. The molecule has 1 N–H and O–H groups in total. The van der Waals surface area contributed by atoms with Gasteiger partial charge in [0.2, 0.25) is 0 Å². The molecule has 0 radical (unpaired) electrons. The number of unbranched alkanes of at least 4 members (excludes halogenated alkanes) is 1. The van der Waals surface area contributed by atoms with Gasteiger partial charge in [-0.15, -0.1) is 0 Å². The van der Waals surface area contributed by atoms with Crippen molar-refractivity contribution in [2.45, 2.75) is 26.3 Å². The molecule has 0 saturated heterocycles. The minimum absolute atomic E-state index is 0.102. The topological polar surface area (TPSA) is 54.9 Å². The average Bonchev–Trinajstić information content (AvgIpc) is 2.14. The molecule has 0 spiro atoms. The second-order valence-corrected chi connectivity index (χ2v) is 3.62. The molecule has 14 heavy (non-hydrogen) atoms. The molecule has 0 aliphatic heterocycles. The first kappa shape index (κ1) is 11.3.